The monoisotopic (exact) mass is 592 g/mol. The first-order valence-corrected chi connectivity index (χ1v) is 10.8. The number of carbonyl (C=O) groups excluding carboxylic acids is 2. The number of halogens is 2. The van der Waals surface area contributed by atoms with E-state index in [0.717, 1.165) is 23.8 Å². The molecule has 0 amide bonds. The van der Waals surface area contributed by atoms with Gasteiger partial charge >= 0.3 is 11.9 Å². The van der Waals surface area contributed by atoms with Crippen LogP contribution < -0.4 is 0 Å². The third kappa shape index (κ3) is 5.66. The molecule has 1 atom stereocenters. The molecule has 2 aromatic carbocycles. The smallest absolute Gasteiger partial charge is 0.323 e. The van der Waals surface area contributed by atoms with Gasteiger partial charge in [-0.2, -0.15) is 0 Å². The van der Waals surface area contributed by atoms with E-state index in [-0.39, 0.29) is 13.2 Å². The van der Waals surface area contributed by atoms with Gasteiger partial charge in [0.1, 0.15) is 13.2 Å². The standard InChI is InChI=1S/C21H22I2O4/c1-4-21(3,19(24)26-12-15-7-5-9-17(22)11-15)20(25)27-13-16-8-6-10-18(23)14(16)2/h5-11H,4,12-13H2,1-3H3. The molecule has 0 aliphatic rings. The first kappa shape index (κ1) is 22.1. The van der Waals surface area contributed by atoms with E-state index in [2.05, 4.69) is 45.2 Å². The Morgan fingerprint density at radius 2 is 1.63 bits per heavy atom. The van der Waals surface area contributed by atoms with E-state index >= 15 is 0 Å². The Bertz CT molecular complexity index is 835. The average molecular weight is 592 g/mol. The van der Waals surface area contributed by atoms with Gasteiger partial charge in [-0.15, -0.1) is 0 Å². The number of benzene rings is 2. The van der Waals surface area contributed by atoms with Crippen molar-refractivity contribution in [3.63, 3.8) is 0 Å². The number of hydrogen-bond acceptors (Lipinski definition) is 4. The molecule has 6 heteroatoms. The molecule has 0 saturated carbocycles. The second-order valence-corrected chi connectivity index (χ2v) is 8.90. The summed E-state index contributed by atoms with van der Waals surface area (Å²) in [5, 5.41) is 0. The topological polar surface area (TPSA) is 52.6 Å². The van der Waals surface area contributed by atoms with Crippen molar-refractivity contribution in [2.24, 2.45) is 5.41 Å². The summed E-state index contributed by atoms with van der Waals surface area (Å²) in [4.78, 5) is 25.2. The lowest BCUT2D eigenvalue weighted by atomic mass is 9.88. The quantitative estimate of drug-likeness (QED) is 0.246. The Labute approximate surface area is 187 Å². The Morgan fingerprint density at radius 3 is 2.26 bits per heavy atom. The van der Waals surface area contributed by atoms with Gasteiger partial charge in [-0.05, 0) is 100 Å². The number of hydrogen-bond donors (Lipinski definition) is 0. The molecule has 0 fully saturated rings. The van der Waals surface area contributed by atoms with Crippen molar-refractivity contribution >= 4 is 57.1 Å². The Hall–Kier alpha value is -1.16. The summed E-state index contributed by atoms with van der Waals surface area (Å²) in [6.07, 6.45) is 0.308. The summed E-state index contributed by atoms with van der Waals surface area (Å²) in [5.41, 5.74) is 1.57. The van der Waals surface area contributed by atoms with E-state index in [1.807, 2.05) is 49.4 Å². The van der Waals surface area contributed by atoms with Gasteiger partial charge in [-0.1, -0.05) is 31.2 Å². The van der Waals surface area contributed by atoms with Crippen molar-refractivity contribution in [2.45, 2.75) is 40.4 Å². The van der Waals surface area contributed by atoms with Crippen molar-refractivity contribution in [1.82, 2.24) is 0 Å². The van der Waals surface area contributed by atoms with Crippen LogP contribution in [0.15, 0.2) is 42.5 Å². The van der Waals surface area contributed by atoms with Gasteiger partial charge in [0.2, 0.25) is 0 Å². The van der Waals surface area contributed by atoms with Crippen molar-refractivity contribution in [2.75, 3.05) is 0 Å². The first-order valence-electron chi connectivity index (χ1n) is 8.60. The minimum atomic E-state index is -1.32. The molecule has 2 aromatic rings. The van der Waals surface area contributed by atoms with Gasteiger partial charge in [-0.25, -0.2) is 0 Å². The maximum absolute atomic E-state index is 12.6. The van der Waals surface area contributed by atoms with Gasteiger partial charge in [0, 0.05) is 7.14 Å². The van der Waals surface area contributed by atoms with E-state index in [4.69, 9.17) is 9.47 Å². The van der Waals surface area contributed by atoms with Crippen LogP contribution >= 0.6 is 45.2 Å². The summed E-state index contributed by atoms with van der Waals surface area (Å²) in [5.74, 6) is -1.12. The Kier molecular flexibility index (Phi) is 8.08. The maximum Gasteiger partial charge on any atom is 0.323 e. The van der Waals surface area contributed by atoms with Gasteiger partial charge in [0.05, 0.1) is 0 Å². The highest BCUT2D eigenvalue weighted by Crippen LogP contribution is 2.27. The number of carbonyl (C=O) groups is 2. The number of rotatable bonds is 7. The maximum atomic E-state index is 12.6. The molecule has 0 heterocycles. The predicted octanol–water partition coefficient (Wildman–Crippen LogP) is 5.41. The fourth-order valence-corrected chi connectivity index (χ4v) is 3.58. The van der Waals surface area contributed by atoms with Crippen LogP contribution in [0.5, 0.6) is 0 Å². The molecule has 0 bridgehead atoms. The fourth-order valence-electron chi connectivity index (χ4n) is 2.42. The van der Waals surface area contributed by atoms with Crippen LogP contribution in [0.4, 0.5) is 0 Å². The van der Waals surface area contributed by atoms with Gasteiger partial charge < -0.3 is 9.47 Å². The third-order valence-corrected chi connectivity index (χ3v) is 6.45. The van der Waals surface area contributed by atoms with Crippen molar-refractivity contribution in [3.8, 4) is 0 Å². The van der Waals surface area contributed by atoms with E-state index in [9.17, 15) is 9.59 Å². The summed E-state index contributed by atoms with van der Waals surface area (Å²) in [6, 6.07) is 13.5. The summed E-state index contributed by atoms with van der Waals surface area (Å²) >= 11 is 4.45. The molecule has 0 aliphatic carbocycles. The normalized spacial score (nSPS) is 12.9. The molecule has 0 radical (unpaired) electrons. The molecule has 27 heavy (non-hydrogen) atoms. The largest absolute Gasteiger partial charge is 0.460 e. The summed E-state index contributed by atoms with van der Waals surface area (Å²) in [7, 11) is 0. The zero-order valence-electron chi connectivity index (χ0n) is 15.6. The molecule has 2 rings (SSSR count). The lowest BCUT2D eigenvalue weighted by molar-refractivity contribution is -0.173. The first-order chi connectivity index (χ1) is 12.8. The average Bonchev–Trinajstić information content (AvgIpc) is 2.66. The van der Waals surface area contributed by atoms with Crippen LogP contribution in [0.3, 0.4) is 0 Å². The van der Waals surface area contributed by atoms with Crippen LogP contribution in [0.2, 0.25) is 0 Å². The van der Waals surface area contributed by atoms with Gasteiger partial charge in [0.15, 0.2) is 5.41 Å². The van der Waals surface area contributed by atoms with Crippen LogP contribution in [-0.2, 0) is 32.3 Å². The highest BCUT2D eigenvalue weighted by Gasteiger charge is 2.42. The highest BCUT2D eigenvalue weighted by atomic mass is 127. The predicted molar refractivity (Wildman–Crippen MR) is 121 cm³/mol. The van der Waals surface area contributed by atoms with Crippen LogP contribution in [0.25, 0.3) is 0 Å². The van der Waals surface area contributed by atoms with E-state index in [1.165, 1.54) is 0 Å². The lowest BCUT2D eigenvalue weighted by Crippen LogP contribution is -2.38. The van der Waals surface area contributed by atoms with Crippen molar-refractivity contribution in [1.29, 1.82) is 0 Å². The van der Waals surface area contributed by atoms with Gasteiger partial charge in [-0.3, -0.25) is 9.59 Å². The molecule has 0 aliphatic heterocycles. The number of esters is 2. The van der Waals surface area contributed by atoms with E-state index in [1.54, 1.807) is 13.8 Å². The molecule has 0 spiro atoms. The van der Waals surface area contributed by atoms with Crippen LogP contribution in [-0.4, -0.2) is 11.9 Å². The zero-order valence-corrected chi connectivity index (χ0v) is 19.9. The third-order valence-electron chi connectivity index (χ3n) is 4.61. The van der Waals surface area contributed by atoms with Crippen LogP contribution in [0.1, 0.15) is 37.0 Å². The van der Waals surface area contributed by atoms with Crippen molar-refractivity contribution in [3.05, 3.63) is 66.3 Å². The highest BCUT2D eigenvalue weighted by molar-refractivity contribution is 14.1. The lowest BCUT2D eigenvalue weighted by Gasteiger charge is -2.24. The Morgan fingerprint density at radius 1 is 1.00 bits per heavy atom. The second-order valence-electron chi connectivity index (χ2n) is 6.49. The second kappa shape index (κ2) is 9.86. The van der Waals surface area contributed by atoms with Gasteiger partial charge in [0.25, 0.3) is 0 Å². The molecule has 4 nitrogen and oxygen atoms in total. The minimum absolute atomic E-state index is 0.133. The molecular weight excluding hydrogens is 570 g/mol. The SMILES string of the molecule is CCC(C)(C(=O)OCc1cccc(I)c1)C(=O)OCc1cccc(I)c1C. The summed E-state index contributed by atoms with van der Waals surface area (Å²) in [6.45, 7) is 5.62. The van der Waals surface area contributed by atoms with E-state index < -0.39 is 17.4 Å². The molecule has 0 saturated heterocycles. The van der Waals surface area contributed by atoms with Crippen molar-refractivity contribution < 1.29 is 19.1 Å². The zero-order chi connectivity index (χ0) is 20.0. The summed E-state index contributed by atoms with van der Waals surface area (Å²) < 4.78 is 13.0. The van der Waals surface area contributed by atoms with Crippen LogP contribution in [0, 0.1) is 19.5 Å². The fraction of sp³-hybridized carbons (Fsp3) is 0.333. The minimum Gasteiger partial charge on any atom is -0.460 e. The molecule has 0 N–H and O–H groups in total. The van der Waals surface area contributed by atoms with E-state index in [0.29, 0.717) is 6.42 Å². The number of ether oxygens (including phenoxy) is 2. The molecular formula is C21H22I2O4. The molecule has 1 unspecified atom stereocenters. The molecule has 144 valence electrons. The molecule has 0 aromatic heterocycles. The Balaban J connectivity index is 2.02.